The number of benzene rings is 1. The zero-order valence-corrected chi connectivity index (χ0v) is 9.80. The monoisotopic (exact) mass is 247 g/mol. The van der Waals surface area contributed by atoms with Crippen molar-refractivity contribution in [2.24, 2.45) is 0 Å². The van der Waals surface area contributed by atoms with Crippen molar-refractivity contribution in [3.8, 4) is 0 Å². The Morgan fingerprint density at radius 2 is 2.22 bits per heavy atom. The molecule has 2 aromatic rings. The highest BCUT2D eigenvalue weighted by Crippen LogP contribution is 2.05. The number of fused-ring (bicyclic) bond motifs is 1. The van der Waals surface area contributed by atoms with Crippen molar-refractivity contribution in [3.05, 3.63) is 40.3 Å². The van der Waals surface area contributed by atoms with Crippen LogP contribution in [-0.4, -0.2) is 27.1 Å². The number of carboxylic acid groups (broad SMARTS) is 1. The van der Waals surface area contributed by atoms with Gasteiger partial charge in [0.1, 0.15) is 11.7 Å². The number of para-hydroxylation sites is 2. The number of hydrogen-bond acceptors (Lipinski definition) is 4. The number of aromatic amines is 1. The molecule has 3 N–H and O–H groups in total. The van der Waals surface area contributed by atoms with Gasteiger partial charge < -0.3 is 10.1 Å². The van der Waals surface area contributed by atoms with Crippen LogP contribution in [0.1, 0.15) is 12.6 Å². The fraction of sp³-hybridized carbons (Fsp3) is 0.250. The molecule has 94 valence electrons. The van der Waals surface area contributed by atoms with Gasteiger partial charge in [-0.25, -0.2) is 4.98 Å². The van der Waals surface area contributed by atoms with Crippen molar-refractivity contribution in [1.82, 2.24) is 15.3 Å². The lowest BCUT2D eigenvalue weighted by molar-refractivity contribution is -0.139. The molecule has 0 bridgehead atoms. The molecule has 0 amide bonds. The summed E-state index contributed by atoms with van der Waals surface area (Å²) in [6, 6.07) is 6.46. The highest BCUT2D eigenvalue weighted by molar-refractivity contribution is 5.74. The van der Waals surface area contributed by atoms with E-state index in [2.05, 4.69) is 15.3 Å². The number of carboxylic acids is 1. The lowest BCUT2D eigenvalue weighted by Crippen LogP contribution is -2.35. The molecule has 6 heteroatoms. The molecule has 2 rings (SSSR count). The molecule has 1 heterocycles. The number of nitrogens with one attached hydrogen (secondary N) is 2. The molecule has 1 aromatic carbocycles. The van der Waals surface area contributed by atoms with Gasteiger partial charge in [-0.15, -0.1) is 0 Å². The number of aromatic nitrogens is 2. The third kappa shape index (κ3) is 2.54. The summed E-state index contributed by atoms with van der Waals surface area (Å²) < 4.78 is 0. The fourth-order valence-electron chi connectivity index (χ4n) is 1.52. The van der Waals surface area contributed by atoms with Gasteiger partial charge in [0, 0.05) is 6.54 Å². The van der Waals surface area contributed by atoms with Gasteiger partial charge in [-0.2, -0.15) is 0 Å². The van der Waals surface area contributed by atoms with E-state index in [4.69, 9.17) is 5.11 Å². The van der Waals surface area contributed by atoms with Crippen LogP contribution in [0, 0.1) is 0 Å². The molecule has 0 spiro atoms. The van der Waals surface area contributed by atoms with Crippen molar-refractivity contribution in [2.45, 2.75) is 19.5 Å². The van der Waals surface area contributed by atoms with E-state index in [1.807, 2.05) is 12.1 Å². The molecule has 0 saturated carbocycles. The van der Waals surface area contributed by atoms with Crippen molar-refractivity contribution in [2.75, 3.05) is 0 Å². The van der Waals surface area contributed by atoms with Crippen molar-refractivity contribution >= 4 is 17.0 Å². The zero-order chi connectivity index (χ0) is 13.1. The van der Waals surface area contributed by atoms with E-state index in [1.165, 1.54) is 6.92 Å². The van der Waals surface area contributed by atoms with E-state index in [1.54, 1.807) is 12.1 Å². The molecule has 0 radical (unpaired) electrons. The SMILES string of the molecule is C[C@@H](NCc1nc2ccccc2[nH]c1=O)C(=O)O. The smallest absolute Gasteiger partial charge is 0.320 e. The highest BCUT2D eigenvalue weighted by atomic mass is 16.4. The first-order chi connectivity index (χ1) is 8.58. The maximum atomic E-state index is 11.7. The highest BCUT2D eigenvalue weighted by Gasteiger charge is 2.11. The second-order valence-electron chi connectivity index (χ2n) is 3.97. The minimum Gasteiger partial charge on any atom is -0.480 e. The van der Waals surface area contributed by atoms with Crippen LogP contribution in [0.2, 0.25) is 0 Å². The van der Waals surface area contributed by atoms with E-state index >= 15 is 0 Å². The average molecular weight is 247 g/mol. The van der Waals surface area contributed by atoms with Crippen LogP contribution >= 0.6 is 0 Å². The minimum atomic E-state index is -0.966. The van der Waals surface area contributed by atoms with Crippen molar-refractivity contribution in [1.29, 1.82) is 0 Å². The van der Waals surface area contributed by atoms with Gasteiger partial charge in [0.25, 0.3) is 5.56 Å². The minimum absolute atomic E-state index is 0.119. The van der Waals surface area contributed by atoms with E-state index < -0.39 is 12.0 Å². The summed E-state index contributed by atoms with van der Waals surface area (Å²) in [4.78, 5) is 29.3. The molecule has 0 aliphatic carbocycles. The third-order valence-corrected chi connectivity index (χ3v) is 2.62. The van der Waals surface area contributed by atoms with Crippen molar-refractivity contribution in [3.63, 3.8) is 0 Å². The van der Waals surface area contributed by atoms with Crippen LogP contribution in [0.4, 0.5) is 0 Å². The maximum Gasteiger partial charge on any atom is 0.320 e. The molecule has 0 saturated heterocycles. The molecule has 18 heavy (non-hydrogen) atoms. The summed E-state index contributed by atoms with van der Waals surface area (Å²) in [7, 11) is 0. The summed E-state index contributed by atoms with van der Waals surface area (Å²) in [6.45, 7) is 1.63. The quantitative estimate of drug-likeness (QED) is 0.730. The normalized spacial score (nSPS) is 12.5. The zero-order valence-electron chi connectivity index (χ0n) is 9.80. The molecule has 0 fully saturated rings. The Morgan fingerprint density at radius 3 is 2.94 bits per heavy atom. The van der Waals surface area contributed by atoms with Gasteiger partial charge in [0.05, 0.1) is 11.0 Å². The number of nitrogens with zero attached hydrogens (tertiary/aromatic N) is 1. The summed E-state index contributed by atoms with van der Waals surface area (Å²) >= 11 is 0. The molecule has 0 aliphatic heterocycles. The number of aliphatic carboxylic acids is 1. The topological polar surface area (TPSA) is 95.1 Å². The van der Waals surface area contributed by atoms with Crippen LogP contribution in [0.3, 0.4) is 0 Å². The Hall–Kier alpha value is -2.21. The van der Waals surface area contributed by atoms with Gasteiger partial charge in [-0.05, 0) is 19.1 Å². The first-order valence-corrected chi connectivity index (χ1v) is 5.52. The molecule has 1 aromatic heterocycles. The Labute approximate surface area is 103 Å². The average Bonchev–Trinajstić information content (AvgIpc) is 2.35. The van der Waals surface area contributed by atoms with Crippen molar-refractivity contribution < 1.29 is 9.90 Å². The lowest BCUT2D eigenvalue weighted by atomic mass is 10.3. The van der Waals surface area contributed by atoms with Gasteiger partial charge in [0.2, 0.25) is 0 Å². The van der Waals surface area contributed by atoms with Crippen LogP contribution in [-0.2, 0) is 11.3 Å². The number of rotatable bonds is 4. The molecule has 6 nitrogen and oxygen atoms in total. The number of hydrogen-bond donors (Lipinski definition) is 3. The molecular formula is C12H13N3O3. The Balaban J connectivity index is 2.26. The lowest BCUT2D eigenvalue weighted by Gasteiger charge is -2.08. The van der Waals surface area contributed by atoms with Crippen LogP contribution in [0.25, 0.3) is 11.0 Å². The standard InChI is InChI=1S/C12H13N3O3/c1-7(12(17)18)13-6-10-11(16)15-9-5-3-2-4-8(9)14-10/h2-5,7,13H,6H2,1H3,(H,15,16)(H,17,18)/t7-/m1/s1. The number of carbonyl (C=O) groups is 1. The van der Waals surface area contributed by atoms with Gasteiger partial charge in [-0.1, -0.05) is 12.1 Å². The second kappa shape index (κ2) is 4.97. The van der Waals surface area contributed by atoms with Crippen LogP contribution in [0.5, 0.6) is 0 Å². The third-order valence-electron chi connectivity index (χ3n) is 2.62. The molecule has 0 unspecified atom stereocenters. The number of H-pyrrole nitrogens is 1. The first kappa shape index (κ1) is 12.3. The summed E-state index contributed by atoms with van der Waals surface area (Å²) in [6.07, 6.45) is 0. The maximum absolute atomic E-state index is 11.7. The fourth-order valence-corrected chi connectivity index (χ4v) is 1.52. The second-order valence-corrected chi connectivity index (χ2v) is 3.97. The summed E-state index contributed by atoms with van der Waals surface area (Å²) in [5, 5.41) is 11.5. The Bertz CT molecular complexity index is 636. The Morgan fingerprint density at radius 1 is 1.50 bits per heavy atom. The van der Waals surface area contributed by atoms with Crippen LogP contribution < -0.4 is 10.9 Å². The largest absolute Gasteiger partial charge is 0.480 e. The van der Waals surface area contributed by atoms with Crippen LogP contribution in [0.15, 0.2) is 29.1 Å². The van der Waals surface area contributed by atoms with Gasteiger partial charge in [-0.3, -0.25) is 14.9 Å². The first-order valence-electron chi connectivity index (χ1n) is 5.52. The van der Waals surface area contributed by atoms with E-state index in [9.17, 15) is 9.59 Å². The van der Waals surface area contributed by atoms with E-state index in [0.29, 0.717) is 11.0 Å². The van der Waals surface area contributed by atoms with Gasteiger partial charge in [0.15, 0.2) is 0 Å². The van der Waals surface area contributed by atoms with Gasteiger partial charge >= 0.3 is 5.97 Å². The van der Waals surface area contributed by atoms with E-state index in [-0.39, 0.29) is 17.8 Å². The molecule has 1 atom stereocenters. The summed E-state index contributed by atoms with van der Waals surface area (Å²) in [5.74, 6) is -0.966. The van der Waals surface area contributed by atoms with E-state index in [0.717, 1.165) is 0 Å². The molecular weight excluding hydrogens is 234 g/mol. The summed E-state index contributed by atoms with van der Waals surface area (Å²) in [5.41, 5.74) is 1.31. The predicted molar refractivity (Wildman–Crippen MR) is 66.3 cm³/mol. The molecule has 0 aliphatic rings. The predicted octanol–water partition coefficient (Wildman–Crippen LogP) is 0.486. The Kier molecular flexibility index (Phi) is 3.38.